The van der Waals surface area contributed by atoms with E-state index in [0.29, 0.717) is 37.6 Å². The standard InChI is InChI=1S/C15H22N4O3/c1-11-12(17-21)5-6-13(16-11)18-7-9-19(10-8-18)14(20)22-15(2,3)4/h5-6H,7-10H2,1-4H3. The fraction of sp³-hybridized carbons (Fsp3) is 0.600. The third-order valence-corrected chi connectivity index (χ3v) is 3.40. The van der Waals surface area contributed by atoms with Gasteiger partial charge in [0.25, 0.3) is 0 Å². The van der Waals surface area contributed by atoms with Crippen molar-refractivity contribution in [2.45, 2.75) is 33.3 Å². The topological polar surface area (TPSA) is 75.1 Å². The van der Waals surface area contributed by atoms with Gasteiger partial charge >= 0.3 is 6.09 Å². The molecule has 120 valence electrons. The summed E-state index contributed by atoms with van der Waals surface area (Å²) in [5, 5.41) is 2.93. The van der Waals surface area contributed by atoms with Crippen molar-refractivity contribution in [2.75, 3.05) is 31.1 Å². The van der Waals surface area contributed by atoms with Gasteiger partial charge in [-0.15, -0.1) is 4.91 Å². The number of carbonyl (C=O) groups is 1. The number of piperazine rings is 1. The Morgan fingerprint density at radius 2 is 1.86 bits per heavy atom. The highest BCUT2D eigenvalue weighted by Gasteiger charge is 2.26. The molecule has 1 aromatic heterocycles. The largest absolute Gasteiger partial charge is 0.444 e. The van der Waals surface area contributed by atoms with Crippen molar-refractivity contribution in [3.05, 3.63) is 22.7 Å². The van der Waals surface area contributed by atoms with E-state index in [1.807, 2.05) is 20.8 Å². The zero-order valence-corrected chi connectivity index (χ0v) is 13.5. The van der Waals surface area contributed by atoms with Gasteiger partial charge in [-0.2, -0.15) is 0 Å². The summed E-state index contributed by atoms with van der Waals surface area (Å²) in [7, 11) is 0. The molecule has 22 heavy (non-hydrogen) atoms. The molecule has 2 rings (SSSR count). The molecule has 0 saturated carbocycles. The first-order valence-corrected chi connectivity index (χ1v) is 7.34. The third-order valence-electron chi connectivity index (χ3n) is 3.40. The Balaban J connectivity index is 1.96. The fourth-order valence-corrected chi connectivity index (χ4v) is 2.26. The van der Waals surface area contributed by atoms with Crippen LogP contribution in [0.3, 0.4) is 0 Å². The Morgan fingerprint density at radius 3 is 2.36 bits per heavy atom. The van der Waals surface area contributed by atoms with Crippen molar-refractivity contribution in [1.29, 1.82) is 0 Å². The monoisotopic (exact) mass is 306 g/mol. The van der Waals surface area contributed by atoms with Gasteiger partial charge in [-0.05, 0) is 45.0 Å². The number of aromatic nitrogens is 1. The Morgan fingerprint density at radius 1 is 1.23 bits per heavy atom. The first kappa shape index (κ1) is 16.2. The van der Waals surface area contributed by atoms with Crippen molar-refractivity contribution in [2.24, 2.45) is 5.18 Å². The number of ether oxygens (including phenoxy) is 1. The molecule has 1 amide bonds. The minimum absolute atomic E-state index is 0.281. The summed E-state index contributed by atoms with van der Waals surface area (Å²) in [6, 6.07) is 3.46. The Labute approximate surface area is 130 Å². The van der Waals surface area contributed by atoms with Gasteiger partial charge in [0.2, 0.25) is 0 Å². The maximum atomic E-state index is 12.0. The van der Waals surface area contributed by atoms with Gasteiger partial charge in [-0.25, -0.2) is 9.78 Å². The van der Waals surface area contributed by atoms with Gasteiger partial charge in [-0.1, -0.05) is 0 Å². The van der Waals surface area contributed by atoms with Crippen LogP contribution >= 0.6 is 0 Å². The molecule has 1 aromatic rings. The molecular formula is C15H22N4O3. The Kier molecular flexibility index (Phi) is 4.63. The van der Waals surface area contributed by atoms with E-state index >= 15 is 0 Å². The maximum absolute atomic E-state index is 12.0. The van der Waals surface area contributed by atoms with E-state index in [1.165, 1.54) is 0 Å². The number of aryl methyl sites for hydroxylation is 1. The van der Waals surface area contributed by atoms with Crippen LogP contribution in [0, 0.1) is 11.8 Å². The number of rotatable bonds is 2. The van der Waals surface area contributed by atoms with Crippen LogP contribution in [0.4, 0.5) is 16.3 Å². The lowest BCUT2D eigenvalue weighted by Gasteiger charge is -2.36. The summed E-state index contributed by atoms with van der Waals surface area (Å²) in [4.78, 5) is 30.8. The number of nitrogens with zero attached hydrogens (tertiary/aromatic N) is 4. The quantitative estimate of drug-likeness (QED) is 0.785. The number of hydrogen-bond acceptors (Lipinski definition) is 6. The van der Waals surface area contributed by atoms with E-state index in [4.69, 9.17) is 4.74 Å². The van der Waals surface area contributed by atoms with Crippen LogP contribution in [-0.4, -0.2) is 47.8 Å². The highest BCUT2D eigenvalue weighted by atomic mass is 16.6. The lowest BCUT2D eigenvalue weighted by Crippen LogP contribution is -2.50. The number of anilines is 1. The van der Waals surface area contributed by atoms with Crippen molar-refractivity contribution < 1.29 is 9.53 Å². The van der Waals surface area contributed by atoms with Crippen molar-refractivity contribution in [3.8, 4) is 0 Å². The molecule has 0 spiro atoms. The molecule has 0 unspecified atom stereocenters. The van der Waals surface area contributed by atoms with Crippen LogP contribution in [0.2, 0.25) is 0 Å². The molecule has 0 aliphatic carbocycles. The minimum atomic E-state index is -0.482. The average molecular weight is 306 g/mol. The van der Waals surface area contributed by atoms with E-state index in [2.05, 4.69) is 15.1 Å². The highest BCUT2D eigenvalue weighted by molar-refractivity contribution is 5.68. The van der Waals surface area contributed by atoms with Crippen LogP contribution < -0.4 is 4.90 Å². The van der Waals surface area contributed by atoms with Gasteiger partial charge in [0.1, 0.15) is 17.1 Å². The summed E-state index contributed by atoms with van der Waals surface area (Å²) in [6.07, 6.45) is -0.281. The SMILES string of the molecule is Cc1nc(N2CCN(C(=O)OC(C)(C)C)CC2)ccc1N=O. The molecule has 7 heteroatoms. The molecule has 2 heterocycles. The third kappa shape index (κ3) is 3.93. The summed E-state index contributed by atoms with van der Waals surface area (Å²) in [5.74, 6) is 0.800. The number of carbonyl (C=O) groups excluding carboxylic acids is 1. The van der Waals surface area contributed by atoms with Crippen LogP contribution in [0.15, 0.2) is 17.3 Å². The molecule has 1 saturated heterocycles. The van der Waals surface area contributed by atoms with Gasteiger partial charge in [0.15, 0.2) is 0 Å². The van der Waals surface area contributed by atoms with Crippen molar-refractivity contribution in [1.82, 2.24) is 9.88 Å². The minimum Gasteiger partial charge on any atom is -0.444 e. The second-order valence-electron chi connectivity index (χ2n) is 6.32. The highest BCUT2D eigenvalue weighted by Crippen LogP contribution is 2.22. The fourth-order valence-electron chi connectivity index (χ4n) is 2.26. The molecule has 0 atom stereocenters. The van der Waals surface area contributed by atoms with Gasteiger partial charge in [0.05, 0.1) is 5.69 Å². The summed E-state index contributed by atoms with van der Waals surface area (Å²) >= 11 is 0. The first-order valence-electron chi connectivity index (χ1n) is 7.34. The average Bonchev–Trinajstić information content (AvgIpc) is 2.45. The molecule has 1 fully saturated rings. The number of amides is 1. The Hall–Kier alpha value is -2.18. The Bertz CT molecular complexity index is 560. The zero-order chi connectivity index (χ0) is 16.3. The molecule has 0 aromatic carbocycles. The normalized spacial score (nSPS) is 15.6. The summed E-state index contributed by atoms with van der Waals surface area (Å²) in [6.45, 7) is 9.87. The summed E-state index contributed by atoms with van der Waals surface area (Å²) in [5.41, 5.74) is 0.489. The predicted octanol–water partition coefficient (Wildman–Crippen LogP) is 2.85. The van der Waals surface area contributed by atoms with Crippen LogP contribution in [0.25, 0.3) is 0 Å². The molecular weight excluding hydrogens is 284 g/mol. The predicted molar refractivity (Wildman–Crippen MR) is 84.4 cm³/mol. The van der Waals surface area contributed by atoms with Crippen LogP contribution in [-0.2, 0) is 4.74 Å². The number of hydrogen-bond donors (Lipinski definition) is 0. The van der Waals surface area contributed by atoms with E-state index in [1.54, 1.807) is 24.0 Å². The van der Waals surface area contributed by atoms with Gasteiger partial charge in [-0.3, -0.25) is 0 Å². The zero-order valence-electron chi connectivity index (χ0n) is 13.5. The van der Waals surface area contributed by atoms with E-state index in [9.17, 15) is 9.70 Å². The molecule has 7 nitrogen and oxygen atoms in total. The molecule has 0 bridgehead atoms. The van der Waals surface area contributed by atoms with E-state index in [0.717, 1.165) is 5.82 Å². The lowest BCUT2D eigenvalue weighted by atomic mass is 10.2. The number of nitroso groups, excluding NO2 is 1. The summed E-state index contributed by atoms with van der Waals surface area (Å²) < 4.78 is 5.37. The van der Waals surface area contributed by atoms with Gasteiger partial charge in [0, 0.05) is 26.2 Å². The second-order valence-corrected chi connectivity index (χ2v) is 6.32. The number of pyridine rings is 1. The van der Waals surface area contributed by atoms with E-state index in [-0.39, 0.29) is 6.09 Å². The smallest absolute Gasteiger partial charge is 0.410 e. The van der Waals surface area contributed by atoms with Crippen molar-refractivity contribution in [3.63, 3.8) is 0 Å². The van der Waals surface area contributed by atoms with Crippen LogP contribution in [0.5, 0.6) is 0 Å². The van der Waals surface area contributed by atoms with Crippen LogP contribution in [0.1, 0.15) is 26.5 Å². The molecule has 1 aliphatic heterocycles. The lowest BCUT2D eigenvalue weighted by molar-refractivity contribution is 0.0240. The second kappa shape index (κ2) is 6.29. The van der Waals surface area contributed by atoms with E-state index < -0.39 is 5.60 Å². The van der Waals surface area contributed by atoms with Crippen molar-refractivity contribution >= 4 is 17.6 Å². The maximum Gasteiger partial charge on any atom is 0.410 e. The molecule has 0 N–H and O–H groups in total. The molecule has 1 aliphatic rings. The first-order chi connectivity index (χ1) is 10.3. The van der Waals surface area contributed by atoms with Gasteiger partial charge < -0.3 is 14.5 Å². The molecule has 0 radical (unpaired) electrons.